The molecule has 1 aliphatic heterocycles. The van der Waals surface area contributed by atoms with Gasteiger partial charge in [0.05, 0.1) is 6.04 Å². The summed E-state index contributed by atoms with van der Waals surface area (Å²) < 4.78 is 5.75. The Morgan fingerprint density at radius 1 is 1.29 bits per heavy atom. The SMILES string of the molecule is Cc1ccccc1-c1nnc([C@H]2CCCN2)o1. The minimum Gasteiger partial charge on any atom is -0.419 e. The number of nitrogens with one attached hydrogen (secondary N) is 1. The van der Waals surface area contributed by atoms with Gasteiger partial charge in [0.15, 0.2) is 0 Å². The average Bonchev–Trinajstić information content (AvgIpc) is 3.00. The molecule has 2 heterocycles. The second kappa shape index (κ2) is 4.30. The lowest BCUT2D eigenvalue weighted by atomic mass is 10.1. The topological polar surface area (TPSA) is 51.0 Å². The van der Waals surface area contributed by atoms with E-state index in [1.165, 1.54) is 6.42 Å². The predicted molar refractivity (Wildman–Crippen MR) is 64.4 cm³/mol. The van der Waals surface area contributed by atoms with Crippen molar-refractivity contribution in [1.82, 2.24) is 15.5 Å². The molecule has 1 atom stereocenters. The van der Waals surface area contributed by atoms with Crippen LogP contribution in [0.3, 0.4) is 0 Å². The van der Waals surface area contributed by atoms with Crippen LogP contribution in [-0.2, 0) is 0 Å². The number of nitrogens with zero attached hydrogens (tertiary/aromatic N) is 2. The van der Waals surface area contributed by atoms with E-state index < -0.39 is 0 Å². The molecule has 2 aromatic rings. The fourth-order valence-electron chi connectivity index (χ4n) is 2.19. The van der Waals surface area contributed by atoms with E-state index in [2.05, 4.69) is 15.5 Å². The van der Waals surface area contributed by atoms with Crippen LogP contribution in [0.2, 0.25) is 0 Å². The lowest BCUT2D eigenvalue weighted by Crippen LogP contribution is -2.12. The van der Waals surface area contributed by atoms with Crippen LogP contribution in [-0.4, -0.2) is 16.7 Å². The van der Waals surface area contributed by atoms with Crippen molar-refractivity contribution in [3.8, 4) is 11.5 Å². The smallest absolute Gasteiger partial charge is 0.248 e. The number of benzene rings is 1. The molecule has 1 saturated heterocycles. The van der Waals surface area contributed by atoms with Gasteiger partial charge in [0.1, 0.15) is 0 Å². The molecule has 0 amide bonds. The van der Waals surface area contributed by atoms with Crippen molar-refractivity contribution in [3.05, 3.63) is 35.7 Å². The minimum absolute atomic E-state index is 0.236. The van der Waals surface area contributed by atoms with Crippen molar-refractivity contribution in [3.63, 3.8) is 0 Å². The molecule has 4 nitrogen and oxygen atoms in total. The zero-order chi connectivity index (χ0) is 11.7. The second-order valence-corrected chi connectivity index (χ2v) is 4.41. The van der Waals surface area contributed by atoms with Gasteiger partial charge in [-0.2, -0.15) is 0 Å². The van der Waals surface area contributed by atoms with Crippen LogP contribution >= 0.6 is 0 Å². The molecule has 1 fully saturated rings. The largest absolute Gasteiger partial charge is 0.419 e. The quantitative estimate of drug-likeness (QED) is 0.859. The zero-order valence-electron chi connectivity index (χ0n) is 9.81. The standard InChI is InChI=1S/C13H15N3O/c1-9-5-2-3-6-10(9)12-15-16-13(17-12)11-7-4-8-14-11/h2-3,5-6,11,14H,4,7-8H2,1H3/t11-/m1/s1. The fraction of sp³-hybridized carbons (Fsp3) is 0.385. The van der Waals surface area contributed by atoms with Crippen molar-refractivity contribution >= 4 is 0 Å². The summed E-state index contributed by atoms with van der Waals surface area (Å²) in [6.07, 6.45) is 2.25. The Morgan fingerprint density at radius 2 is 2.18 bits per heavy atom. The van der Waals surface area contributed by atoms with Gasteiger partial charge < -0.3 is 9.73 Å². The van der Waals surface area contributed by atoms with Crippen LogP contribution in [0.4, 0.5) is 0 Å². The molecule has 88 valence electrons. The van der Waals surface area contributed by atoms with Crippen molar-refractivity contribution in [2.75, 3.05) is 6.54 Å². The number of hydrogen-bond donors (Lipinski definition) is 1. The van der Waals surface area contributed by atoms with Gasteiger partial charge in [0, 0.05) is 5.56 Å². The van der Waals surface area contributed by atoms with E-state index in [0.717, 1.165) is 24.1 Å². The summed E-state index contributed by atoms with van der Waals surface area (Å²) in [5.41, 5.74) is 2.17. The maximum Gasteiger partial charge on any atom is 0.248 e. The molecule has 0 saturated carbocycles. The highest BCUT2D eigenvalue weighted by Gasteiger charge is 2.22. The monoisotopic (exact) mass is 229 g/mol. The van der Waals surface area contributed by atoms with Crippen LogP contribution in [0.5, 0.6) is 0 Å². The Hall–Kier alpha value is -1.68. The van der Waals surface area contributed by atoms with E-state index in [1.54, 1.807) is 0 Å². The summed E-state index contributed by atoms with van der Waals surface area (Å²) in [6, 6.07) is 8.29. The van der Waals surface area contributed by atoms with E-state index >= 15 is 0 Å². The summed E-state index contributed by atoms with van der Waals surface area (Å²) in [4.78, 5) is 0. The summed E-state index contributed by atoms with van der Waals surface area (Å²) in [7, 11) is 0. The van der Waals surface area contributed by atoms with Crippen molar-refractivity contribution in [2.45, 2.75) is 25.8 Å². The number of aromatic nitrogens is 2. The number of rotatable bonds is 2. The van der Waals surface area contributed by atoms with E-state index in [1.807, 2.05) is 31.2 Å². The zero-order valence-corrected chi connectivity index (χ0v) is 9.81. The Morgan fingerprint density at radius 3 is 2.94 bits per heavy atom. The molecule has 0 radical (unpaired) electrons. The van der Waals surface area contributed by atoms with Gasteiger partial charge in [-0.3, -0.25) is 0 Å². The Kier molecular flexibility index (Phi) is 2.65. The lowest BCUT2D eigenvalue weighted by Gasteiger charge is -2.03. The van der Waals surface area contributed by atoms with Crippen LogP contribution < -0.4 is 5.32 Å². The molecule has 4 heteroatoms. The van der Waals surface area contributed by atoms with Gasteiger partial charge >= 0.3 is 0 Å². The van der Waals surface area contributed by atoms with E-state index in [0.29, 0.717) is 11.8 Å². The van der Waals surface area contributed by atoms with E-state index in [9.17, 15) is 0 Å². The summed E-state index contributed by atoms with van der Waals surface area (Å²) in [6.45, 7) is 3.08. The lowest BCUT2D eigenvalue weighted by molar-refractivity contribution is 0.437. The first kappa shape index (κ1) is 10.5. The normalized spacial score (nSPS) is 19.7. The first-order chi connectivity index (χ1) is 8.34. The molecular weight excluding hydrogens is 214 g/mol. The first-order valence-electron chi connectivity index (χ1n) is 5.97. The first-order valence-corrected chi connectivity index (χ1v) is 5.97. The van der Waals surface area contributed by atoms with Gasteiger partial charge in [-0.25, -0.2) is 0 Å². The van der Waals surface area contributed by atoms with Gasteiger partial charge in [0.25, 0.3) is 0 Å². The van der Waals surface area contributed by atoms with Crippen molar-refractivity contribution in [1.29, 1.82) is 0 Å². The summed E-state index contributed by atoms with van der Waals surface area (Å²) in [5, 5.41) is 11.6. The van der Waals surface area contributed by atoms with Crippen LogP contribution in [0.1, 0.15) is 30.3 Å². The summed E-state index contributed by atoms with van der Waals surface area (Å²) in [5.74, 6) is 1.33. The molecule has 3 rings (SSSR count). The molecule has 1 aromatic heterocycles. The summed E-state index contributed by atoms with van der Waals surface area (Å²) >= 11 is 0. The molecule has 0 spiro atoms. The van der Waals surface area contributed by atoms with Crippen LogP contribution in [0.15, 0.2) is 28.7 Å². The fourth-order valence-corrected chi connectivity index (χ4v) is 2.19. The molecule has 1 aromatic carbocycles. The van der Waals surface area contributed by atoms with E-state index in [4.69, 9.17) is 4.42 Å². The molecule has 0 aliphatic carbocycles. The van der Waals surface area contributed by atoms with Crippen molar-refractivity contribution < 1.29 is 4.42 Å². The number of hydrogen-bond acceptors (Lipinski definition) is 4. The second-order valence-electron chi connectivity index (χ2n) is 4.41. The predicted octanol–water partition coefficient (Wildman–Crippen LogP) is 2.47. The third-order valence-electron chi connectivity index (χ3n) is 3.17. The molecular formula is C13H15N3O. The minimum atomic E-state index is 0.236. The molecule has 1 N–H and O–H groups in total. The van der Waals surface area contributed by atoms with Crippen LogP contribution in [0.25, 0.3) is 11.5 Å². The maximum absolute atomic E-state index is 5.75. The highest BCUT2D eigenvalue weighted by atomic mass is 16.4. The Bertz CT molecular complexity index is 515. The van der Waals surface area contributed by atoms with Crippen LogP contribution in [0, 0.1) is 6.92 Å². The third-order valence-corrected chi connectivity index (χ3v) is 3.17. The molecule has 17 heavy (non-hydrogen) atoms. The Labute approximate surface area is 100 Å². The highest BCUT2D eigenvalue weighted by Crippen LogP contribution is 2.26. The Balaban J connectivity index is 1.92. The van der Waals surface area contributed by atoms with E-state index in [-0.39, 0.29) is 6.04 Å². The van der Waals surface area contributed by atoms with Gasteiger partial charge in [-0.15, -0.1) is 10.2 Å². The highest BCUT2D eigenvalue weighted by molar-refractivity contribution is 5.57. The number of aryl methyl sites for hydroxylation is 1. The molecule has 0 bridgehead atoms. The molecule has 1 aliphatic rings. The third kappa shape index (κ3) is 1.96. The molecule has 0 unspecified atom stereocenters. The van der Waals surface area contributed by atoms with Gasteiger partial charge in [-0.05, 0) is 37.9 Å². The van der Waals surface area contributed by atoms with Gasteiger partial charge in [0.2, 0.25) is 11.8 Å². The average molecular weight is 229 g/mol. The van der Waals surface area contributed by atoms with Crippen molar-refractivity contribution in [2.24, 2.45) is 0 Å². The maximum atomic E-state index is 5.75. The van der Waals surface area contributed by atoms with Gasteiger partial charge in [-0.1, -0.05) is 18.2 Å².